The van der Waals surface area contributed by atoms with Gasteiger partial charge >= 0.3 is 19.8 Å². The number of rotatable bonds is 22. The van der Waals surface area contributed by atoms with E-state index in [1.807, 2.05) is 0 Å². The first-order valence-electron chi connectivity index (χ1n) is 12.3. The normalized spacial score (nSPS) is 12.5. The lowest BCUT2D eigenvalue weighted by Gasteiger charge is -2.17. The second-order valence-electron chi connectivity index (χ2n) is 8.40. The van der Waals surface area contributed by atoms with Crippen LogP contribution < -0.4 is 0 Å². The summed E-state index contributed by atoms with van der Waals surface area (Å²) in [4.78, 5) is 40.3. The molecular weight excluding hydrogens is 435 g/mol. The van der Waals surface area contributed by atoms with Crippen molar-refractivity contribution in [2.45, 2.75) is 123 Å². The molecule has 0 bridgehead atoms. The van der Waals surface area contributed by atoms with Crippen molar-refractivity contribution < 1.29 is 37.9 Å². The van der Waals surface area contributed by atoms with Crippen LogP contribution in [-0.2, 0) is 28.2 Å². The first kappa shape index (κ1) is 31.0. The molecule has 0 aromatic heterocycles. The summed E-state index contributed by atoms with van der Waals surface area (Å²) in [5.41, 5.74) is 0. The van der Waals surface area contributed by atoms with Gasteiger partial charge in [-0.1, -0.05) is 96.8 Å². The molecule has 0 saturated heterocycles. The van der Waals surface area contributed by atoms with Crippen LogP contribution >= 0.6 is 7.82 Å². The molecule has 190 valence electrons. The fraction of sp³-hybridized carbons (Fsp3) is 0.913. The van der Waals surface area contributed by atoms with Gasteiger partial charge in [0.2, 0.25) is 0 Å². The van der Waals surface area contributed by atoms with Crippen LogP contribution in [0.3, 0.4) is 0 Å². The van der Waals surface area contributed by atoms with Gasteiger partial charge in [0.05, 0.1) is 6.61 Å². The van der Waals surface area contributed by atoms with Crippen molar-refractivity contribution in [3.63, 3.8) is 0 Å². The monoisotopic (exact) mass is 480 g/mol. The number of phosphoric ester groups is 1. The fourth-order valence-corrected chi connectivity index (χ4v) is 3.79. The summed E-state index contributed by atoms with van der Waals surface area (Å²) in [6.07, 6.45) is 17.9. The molecule has 1 atom stereocenters. The topological polar surface area (TPSA) is 119 Å². The van der Waals surface area contributed by atoms with Crippen LogP contribution in [0.15, 0.2) is 0 Å². The van der Waals surface area contributed by atoms with E-state index in [4.69, 9.17) is 19.3 Å². The molecule has 0 aromatic carbocycles. The second kappa shape index (κ2) is 20.6. The SMILES string of the molecule is CCCCCCCCCCCCCCCCCC(=O)OC[C@H](COP(=O)(O)O)OC(C)=O. The van der Waals surface area contributed by atoms with Gasteiger partial charge in [0.1, 0.15) is 6.61 Å². The molecule has 0 saturated carbocycles. The lowest BCUT2D eigenvalue weighted by molar-refractivity contribution is -0.159. The Labute approximate surface area is 194 Å². The van der Waals surface area contributed by atoms with E-state index in [0.717, 1.165) is 26.2 Å². The van der Waals surface area contributed by atoms with E-state index in [0.29, 0.717) is 0 Å². The fourth-order valence-electron chi connectivity index (χ4n) is 3.43. The predicted molar refractivity (Wildman–Crippen MR) is 124 cm³/mol. The molecule has 0 aliphatic heterocycles. The molecule has 9 heteroatoms. The van der Waals surface area contributed by atoms with Crippen molar-refractivity contribution in [3.05, 3.63) is 0 Å². The minimum absolute atomic E-state index is 0.268. The summed E-state index contributed by atoms with van der Waals surface area (Å²) in [6, 6.07) is 0. The molecule has 0 rings (SSSR count). The molecule has 0 fully saturated rings. The van der Waals surface area contributed by atoms with E-state index in [-0.39, 0.29) is 13.0 Å². The Bertz CT molecular complexity index is 520. The van der Waals surface area contributed by atoms with Crippen LogP contribution in [0.25, 0.3) is 0 Å². The van der Waals surface area contributed by atoms with Crippen LogP contribution in [-0.4, -0.2) is 41.0 Å². The highest BCUT2D eigenvalue weighted by molar-refractivity contribution is 7.46. The molecule has 0 aromatic rings. The van der Waals surface area contributed by atoms with Crippen molar-refractivity contribution in [2.75, 3.05) is 13.2 Å². The standard InChI is InChI=1S/C23H45O8P/c1-3-4-5-6-7-8-9-10-11-12-13-14-15-16-17-18-23(25)29-19-22(31-21(2)24)20-30-32(26,27)28/h22H,3-20H2,1-2H3,(H2,26,27,28)/t22-/m1/s1. The van der Waals surface area contributed by atoms with Gasteiger partial charge in [-0.05, 0) is 6.42 Å². The predicted octanol–water partition coefficient (Wildman–Crippen LogP) is 5.83. The molecule has 2 N–H and O–H groups in total. The number of phosphoric acid groups is 1. The van der Waals surface area contributed by atoms with Gasteiger partial charge in [-0.15, -0.1) is 0 Å². The first-order valence-corrected chi connectivity index (χ1v) is 13.8. The molecule has 0 heterocycles. The Morgan fingerprint density at radius 3 is 1.59 bits per heavy atom. The Balaban J connectivity index is 3.58. The highest BCUT2D eigenvalue weighted by Gasteiger charge is 2.21. The number of hydrogen-bond donors (Lipinski definition) is 2. The lowest BCUT2D eigenvalue weighted by Crippen LogP contribution is -2.28. The van der Waals surface area contributed by atoms with Crippen molar-refractivity contribution in [1.29, 1.82) is 0 Å². The Morgan fingerprint density at radius 2 is 1.19 bits per heavy atom. The third-order valence-electron chi connectivity index (χ3n) is 5.18. The summed E-state index contributed by atoms with van der Waals surface area (Å²) < 4.78 is 24.9. The highest BCUT2D eigenvalue weighted by Crippen LogP contribution is 2.35. The summed E-state index contributed by atoms with van der Waals surface area (Å²) in [5, 5.41) is 0. The van der Waals surface area contributed by atoms with E-state index in [1.165, 1.54) is 77.0 Å². The highest BCUT2D eigenvalue weighted by atomic mass is 31.2. The Morgan fingerprint density at radius 1 is 0.750 bits per heavy atom. The molecule has 0 radical (unpaired) electrons. The van der Waals surface area contributed by atoms with Crippen LogP contribution in [0.5, 0.6) is 0 Å². The number of ether oxygens (including phenoxy) is 2. The van der Waals surface area contributed by atoms with Gasteiger partial charge in [0.15, 0.2) is 6.10 Å². The molecule has 0 spiro atoms. The number of hydrogen-bond acceptors (Lipinski definition) is 6. The van der Waals surface area contributed by atoms with E-state index >= 15 is 0 Å². The van der Waals surface area contributed by atoms with Crippen LogP contribution in [0, 0.1) is 0 Å². The van der Waals surface area contributed by atoms with E-state index in [2.05, 4.69) is 11.4 Å². The van der Waals surface area contributed by atoms with Crippen LogP contribution in [0.2, 0.25) is 0 Å². The van der Waals surface area contributed by atoms with E-state index in [9.17, 15) is 14.2 Å². The maximum absolute atomic E-state index is 11.8. The zero-order valence-corrected chi connectivity index (χ0v) is 21.0. The van der Waals surface area contributed by atoms with Crippen LogP contribution in [0.4, 0.5) is 0 Å². The molecule has 8 nitrogen and oxygen atoms in total. The van der Waals surface area contributed by atoms with Gasteiger partial charge in [-0.25, -0.2) is 4.57 Å². The van der Waals surface area contributed by atoms with Gasteiger partial charge < -0.3 is 19.3 Å². The molecule has 0 aliphatic rings. The van der Waals surface area contributed by atoms with E-state index in [1.54, 1.807) is 0 Å². The minimum Gasteiger partial charge on any atom is -0.462 e. The smallest absolute Gasteiger partial charge is 0.462 e. The van der Waals surface area contributed by atoms with Gasteiger partial charge in [-0.2, -0.15) is 0 Å². The first-order chi connectivity index (χ1) is 15.2. The average molecular weight is 481 g/mol. The Hall–Kier alpha value is -0.950. The number of esters is 2. The zero-order chi connectivity index (χ0) is 24.1. The molecule has 32 heavy (non-hydrogen) atoms. The molecule has 0 aliphatic carbocycles. The number of unbranched alkanes of at least 4 members (excludes halogenated alkanes) is 14. The van der Waals surface area contributed by atoms with Gasteiger partial charge in [-0.3, -0.25) is 14.1 Å². The summed E-state index contributed by atoms with van der Waals surface area (Å²) >= 11 is 0. The number of carbonyl (C=O) groups is 2. The van der Waals surface area contributed by atoms with Crippen molar-refractivity contribution in [3.8, 4) is 0 Å². The van der Waals surface area contributed by atoms with Crippen molar-refractivity contribution in [1.82, 2.24) is 0 Å². The molecule has 0 unspecified atom stereocenters. The van der Waals surface area contributed by atoms with E-state index < -0.39 is 32.5 Å². The molecule has 0 amide bonds. The third kappa shape index (κ3) is 23.7. The second-order valence-corrected chi connectivity index (χ2v) is 9.64. The summed E-state index contributed by atoms with van der Waals surface area (Å²) in [5.74, 6) is -1.07. The summed E-state index contributed by atoms with van der Waals surface area (Å²) in [6.45, 7) is 2.56. The maximum Gasteiger partial charge on any atom is 0.469 e. The summed E-state index contributed by atoms with van der Waals surface area (Å²) in [7, 11) is -4.69. The van der Waals surface area contributed by atoms with Crippen LogP contribution in [0.1, 0.15) is 117 Å². The van der Waals surface area contributed by atoms with Crippen molar-refractivity contribution >= 4 is 19.8 Å². The lowest BCUT2D eigenvalue weighted by atomic mass is 10.0. The Kier molecular flexibility index (Phi) is 20.0. The number of carbonyl (C=O) groups excluding carboxylic acids is 2. The van der Waals surface area contributed by atoms with Crippen molar-refractivity contribution in [2.24, 2.45) is 0 Å². The third-order valence-corrected chi connectivity index (χ3v) is 5.66. The maximum atomic E-state index is 11.8. The van der Waals surface area contributed by atoms with Gasteiger partial charge in [0.25, 0.3) is 0 Å². The van der Waals surface area contributed by atoms with Gasteiger partial charge in [0, 0.05) is 13.3 Å². The zero-order valence-electron chi connectivity index (χ0n) is 20.1. The molecular formula is C23H45O8P. The minimum atomic E-state index is -4.69. The average Bonchev–Trinajstić information content (AvgIpc) is 2.72. The largest absolute Gasteiger partial charge is 0.469 e. The quantitative estimate of drug-likeness (QED) is 0.113.